The lowest BCUT2D eigenvalue weighted by Gasteiger charge is -2.10. The zero-order valence-corrected chi connectivity index (χ0v) is 11.0. The summed E-state index contributed by atoms with van der Waals surface area (Å²) in [6.45, 7) is 1.93. The number of halogens is 1. The van der Waals surface area contributed by atoms with Gasteiger partial charge in [0.2, 0.25) is 0 Å². The molecular formula is C12H11ClN2OS. The van der Waals surface area contributed by atoms with Crippen LogP contribution in [-0.4, -0.2) is 17.1 Å². The summed E-state index contributed by atoms with van der Waals surface area (Å²) in [5.74, 6) is 0.753. The molecule has 0 saturated carbocycles. The van der Waals surface area contributed by atoms with Crippen LogP contribution < -0.4 is 4.74 Å². The lowest BCUT2D eigenvalue weighted by atomic mass is 10.1. The summed E-state index contributed by atoms with van der Waals surface area (Å²) < 4.78 is 5.77. The molecule has 0 unspecified atom stereocenters. The largest absolute Gasteiger partial charge is 0.496 e. The molecule has 0 fully saturated rings. The van der Waals surface area contributed by atoms with E-state index < -0.39 is 0 Å². The van der Waals surface area contributed by atoms with Gasteiger partial charge < -0.3 is 9.72 Å². The van der Waals surface area contributed by atoms with Crippen molar-refractivity contribution in [2.24, 2.45) is 0 Å². The first-order valence-corrected chi connectivity index (χ1v) is 5.80. The Morgan fingerprint density at radius 2 is 2.18 bits per heavy atom. The molecular weight excluding hydrogens is 256 g/mol. The van der Waals surface area contributed by atoms with Crippen LogP contribution in [0.5, 0.6) is 5.75 Å². The second-order valence-electron chi connectivity index (χ2n) is 3.59. The van der Waals surface area contributed by atoms with Crippen molar-refractivity contribution in [1.29, 1.82) is 0 Å². The number of benzene rings is 1. The minimum Gasteiger partial charge on any atom is -0.496 e. The molecule has 1 N–H and O–H groups in total. The SMILES string of the molecule is COc1cc(C)c(Cl)cc1-c1ccnc(=S)[nH]1. The maximum atomic E-state index is 6.12. The van der Waals surface area contributed by atoms with Gasteiger partial charge in [-0.25, -0.2) is 4.98 Å². The highest BCUT2D eigenvalue weighted by molar-refractivity contribution is 7.71. The lowest BCUT2D eigenvalue weighted by Crippen LogP contribution is -1.92. The Balaban J connectivity index is 2.66. The van der Waals surface area contributed by atoms with Crippen molar-refractivity contribution in [3.63, 3.8) is 0 Å². The van der Waals surface area contributed by atoms with Gasteiger partial charge in [0, 0.05) is 16.8 Å². The van der Waals surface area contributed by atoms with Gasteiger partial charge in [0.25, 0.3) is 0 Å². The molecule has 0 atom stereocenters. The third-order valence-electron chi connectivity index (χ3n) is 2.45. The van der Waals surface area contributed by atoms with Gasteiger partial charge in [-0.3, -0.25) is 0 Å². The number of hydrogen-bond acceptors (Lipinski definition) is 3. The molecule has 5 heteroatoms. The number of methoxy groups -OCH3 is 1. The van der Waals surface area contributed by atoms with E-state index in [4.69, 9.17) is 28.6 Å². The van der Waals surface area contributed by atoms with Crippen LogP contribution in [0.3, 0.4) is 0 Å². The molecule has 0 aliphatic heterocycles. The summed E-state index contributed by atoms with van der Waals surface area (Å²) >= 11 is 11.1. The minimum atomic E-state index is 0.432. The van der Waals surface area contributed by atoms with E-state index in [1.807, 2.05) is 25.1 Å². The molecule has 1 heterocycles. The Hall–Kier alpha value is -1.39. The fourth-order valence-corrected chi connectivity index (χ4v) is 1.89. The predicted molar refractivity (Wildman–Crippen MR) is 71.2 cm³/mol. The van der Waals surface area contributed by atoms with E-state index in [1.54, 1.807) is 13.3 Å². The van der Waals surface area contributed by atoms with Gasteiger partial charge >= 0.3 is 0 Å². The molecule has 0 saturated heterocycles. The number of nitrogens with one attached hydrogen (secondary N) is 1. The highest BCUT2D eigenvalue weighted by Gasteiger charge is 2.09. The van der Waals surface area contributed by atoms with Gasteiger partial charge in [-0.15, -0.1) is 0 Å². The highest BCUT2D eigenvalue weighted by Crippen LogP contribution is 2.33. The Bertz CT molecular complexity index is 610. The smallest absolute Gasteiger partial charge is 0.197 e. The van der Waals surface area contributed by atoms with E-state index in [2.05, 4.69) is 9.97 Å². The van der Waals surface area contributed by atoms with Gasteiger partial charge in [0.1, 0.15) is 5.75 Å². The summed E-state index contributed by atoms with van der Waals surface area (Å²) in [6, 6.07) is 5.59. The number of nitrogens with zero attached hydrogens (tertiary/aromatic N) is 1. The van der Waals surface area contributed by atoms with Crippen LogP contribution in [0.15, 0.2) is 24.4 Å². The van der Waals surface area contributed by atoms with E-state index in [0.717, 1.165) is 22.6 Å². The predicted octanol–water partition coefficient (Wildman–Crippen LogP) is 3.78. The molecule has 0 aliphatic carbocycles. The number of ether oxygens (including phenoxy) is 1. The van der Waals surface area contributed by atoms with Crippen molar-refractivity contribution in [3.8, 4) is 17.0 Å². The monoisotopic (exact) mass is 266 g/mol. The fourth-order valence-electron chi connectivity index (χ4n) is 1.56. The standard InChI is InChI=1S/C12H11ClN2OS/c1-7-5-11(16-2)8(6-9(7)13)10-3-4-14-12(17)15-10/h3-6H,1-2H3,(H,14,15,17). The second kappa shape index (κ2) is 4.85. The van der Waals surface area contributed by atoms with Crippen molar-refractivity contribution in [2.75, 3.05) is 7.11 Å². The quantitative estimate of drug-likeness (QED) is 0.841. The lowest BCUT2D eigenvalue weighted by molar-refractivity contribution is 0.416. The van der Waals surface area contributed by atoms with Gasteiger partial charge in [0.05, 0.1) is 12.8 Å². The van der Waals surface area contributed by atoms with Crippen molar-refractivity contribution in [1.82, 2.24) is 9.97 Å². The van der Waals surface area contributed by atoms with Crippen molar-refractivity contribution >= 4 is 23.8 Å². The molecule has 0 amide bonds. The number of hydrogen-bond donors (Lipinski definition) is 1. The molecule has 0 aliphatic rings. The Morgan fingerprint density at radius 3 is 2.82 bits per heavy atom. The maximum absolute atomic E-state index is 6.12. The zero-order chi connectivity index (χ0) is 12.4. The number of H-pyrrole nitrogens is 1. The van der Waals surface area contributed by atoms with Gasteiger partial charge in [-0.05, 0) is 42.9 Å². The van der Waals surface area contributed by atoms with E-state index >= 15 is 0 Å². The molecule has 3 nitrogen and oxygen atoms in total. The topological polar surface area (TPSA) is 37.9 Å². The Kier molecular flexibility index (Phi) is 3.45. The Morgan fingerprint density at radius 1 is 1.41 bits per heavy atom. The van der Waals surface area contributed by atoms with Crippen molar-refractivity contribution in [3.05, 3.63) is 39.8 Å². The van der Waals surface area contributed by atoms with Crippen LogP contribution >= 0.6 is 23.8 Å². The van der Waals surface area contributed by atoms with Gasteiger partial charge in [-0.1, -0.05) is 11.6 Å². The molecule has 0 bridgehead atoms. The first kappa shape index (κ1) is 12.1. The summed E-state index contributed by atoms with van der Waals surface area (Å²) in [4.78, 5) is 6.96. The van der Waals surface area contributed by atoms with Crippen LogP contribution in [0, 0.1) is 11.7 Å². The van der Waals surface area contributed by atoms with Crippen LogP contribution in [0.4, 0.5) is 0 Å². The van der Waals surface area contributed by atoms with E-state index in [0.29, 0.717) is 9.79 Å². The third-order valence-corrected chi connectivity index (χ3v) is 3.06. The molecule has 0 spiro atoms. The molecule has 0 radical (unpaired) electrons. The molecule has 17 heavy (non-hydrogen) atoms. The number of aromatic nitrogens is 2. The molecule has 2 aromatic rings. The maximum Gasteiger partial charge on any atom is 0.197 e. The van der Waals surface area contributed by atoms with Crippen LogP contribution in [0.25, 0.3) is 11.3 Å². The third kappa shape index (κ3) is 2.48. The summed E-state index contributed by atoms with van der Waals surface area (Å²) in [5.41, 5.74) is 2.68. The first-order chi connectivity index (χ1) is 8.11. The number of aromatic amines is 1. The average Bonchev–Trinajstić information content (AvgIpc) is 2.32. The normalized spacial score (nSPS) is 10.3. The fraction of sp³-hybridized carbons (Fsp3) is 0.167. The van der Waals surface area contributed by atoms with Crippen LogP contribution in [0.2, 0.25) is 5.02 Å². The summed E-state index contributed by atoms with van der Waals surface area (Å²) in [5, 5.41) is 0.692. The van der Waals surface area contributed by atoms with Crippen LogP contribution in [-0.2, 0) is 0 Å². The minimum absolute atomic E-state index is 0.432. The van der Waals surface area contributed by atoms with Gasteiger partial charge in [-0.2, -0.15) is 0 Å². The van der Waals surface area contributed by atoms with Gasteiger partial charge in [0.15, 0.2) is 4.77 Å². The van der Waals surface area contributed by atoms with E-state index in [9.17, 15) is 0 Å². The first-order valence-electron chi connectivity index (χ1n) is 5.01. The zero-order valence-electron chi connectivity index (χ0n) is 9.45. The average molecular weight is 267 g/mol. The molecule has 1 aromatic carbocycles. The second-order valence-corrected chi connectivity index (χ2v) is 4.38. The summed E-state index contributed by atoms with van der Waals surface area (Å²) in [7, 11) is 1.63. The number of aryl methyl sites for hydroxylation is 1. The van der Waals surface area contributed by atoms with Crippen molar-refractivity contribution in [2.45, 2.75) is 6.92 Å². The number of rotatable bonds is 2. The Labute approximate surface area is 109 Å². The molecule has 1 aromatic heterocycles. The molecule has 2 rings (SSSR count). The highest BCUT2D eigenvalue weighted by atomic mass is 35.5. The van der Waals surface area contributed by atoms with Crippen molar-refractivity contribution < 1.29 is 4.74 Å². The van der Waals surface area contributed by atoms with Crippen LogP contribution in [0.1, 0.15) is 5.56 Å². The molecule has 88 valence electrons. The van der Waals surface area contributed by atoms with E-state index in [-0.39, 0.29) is 0 Å². The van der Waals surface area contributed by atoms with E-state index in [1.165, 1.54) is 0 Å². The summed E-state index contributed by atoms with van der Waals surface area (Å²) in [6.07, 6.45) is 1.65.